The highest BCUT2D eigenvalue weighted by atomic mass is 16.5. The van der Waals surface area contributed by atoms with Crippen LogP contribution < -0.4 is 10.5 Å². The number of rotatable bonds is 6. The zero-order valence-corrected chi connectivity index (χ0v) is 19.7. The van der Waals surface area contributed by atoms with Gasteiger partial charge in [0.2, 0.25) is 5.91 Å². The van der Waals surface area contributed by atoms with Gasteiger partial charge in [-0.15, -0.1) is 0 Å². The lowest BCUT2D eigenvalue weighted by Crippen LogP contribution is -2.48. The van der Waals surface area contributed by atoms with Gasteiger partial charge in [-0.1, -0.05) is 71.2 Å². The molecule has 0 spiro atoms. The highest BCUT2D eigenvalue weighted by molar-refractivity contribution is 5.81. The van der Waals surface area contributed by atoms with Crippen LogP contribution in [0.2, 0.25) is 0 Å². The summed E-state index contributed by atoms with van der Waals surface area (Å²) >= 11 is 0. The zero-order valence-electron chi connectivity index (χ0n) is 19.7. The third-order valence-electron chi connectivity index (χ3n) is 7.00. The topological polar surface area (TPSA) is 55.6 Å². The summed E-state index contributed by atoms with van der Waals surface area (Å²) in [6.07, 6.45) is 6.70. The average molecular weight is 433 g/mol. The largest absolute Gasteiger partial charge is 0.457 e. The third kappa shape index (κ3) is 5.01. The molecule has 0 saturated heterocycles. The van der Waals surface area contributed by atoms with Crippen LogP contribution >= 0.6 is 0 Å². The van der Waals surface area contributed by atoms with Crippen molar-refractivity contribution in [1.29, 1.82) is 0 Å². The van der Waals surface area contributed by atoms with Gasteiger partial charge < -0.3 is 15.4 Å². The first-order valence-electron chi connectivity index (χ1n) is 11.8. The van der Waals surface area contributed by atoms with E-state index in [1.165, 1.54) is 36.8 Å². The van der Waals surface area contributed by atoms with Crippen molar-refractivity contribution in [3.05, 3.63) is 71.4 Å². The molecule has 32 heavy (non-hydrogen) atoms. The van der Waals surface area contributed by atoms with Gasteiger partial charge in [-0.3, -0.25) is 4.79 Å². The van der Waals surface area contributed by atoms with Crippen molar-refractivity contribution in [3.8, 4) is 11.5 Å². The van der Waals surface area contributed by atoms with Crippen LogP contribution in [-0.2, 0) is 23.2 Å². The maximum Gasteiger partial charge on any atom is 0.240 e. The number of carbonyl (C=O) groups is 1. The molecule has 1 amide bonds. The lowest BCUT2D eigenvalue weighted by Gasteiger charge is -2.38. The number of primary amides is 1. The molecular weight excluding hydrogens is 396 g/mol. The van der Waals surface area contributed by atoms with Crippen molar-refractivity contribution in [2.45, 2.75) is 77.3 Å². The Morgan fingerprint density at radius 2 is 1.72 bits per heavy atom. The molecule has 0 radical (unpaired) electrons. The number of ether oxygens (including phenoxy) is 1. The summed E-state index contributed by atoms with van der Waals surface area (Å²) in [6.45, 7) is 11.6. The predicted octanol–water partition coefficient (Wildman–Crippen LogP) is 6.08. The molecular formula is C28H36N2O2. The normalized spacial score (nSPS) is 19.0. The van der Waals surface area contributed by atoms with Gasteiger partial charge in [-0.2, -0.15) is 0 Å². The molecule has 170 valence electrons. The van der Waals surface area contributed by atoms with Crippen molar-refractivity contribution >= 4 is 5.91 Å². The van der Waals surface area contributed by atoms with Gasteiger partial charge in [0.25, 0.3) is 0 Å². The number of fused-ring (bicyclic) bond motifs is 1. The van der Waals surface area contributed by atoms with Gasteiger partial charge in [0.1, 0.15) is 17.5 Å². The summed E-state index contributed by atoms with van der Waals surface area (Å²) in [5.74, 6) is 2.04. The van der Waals surface area contributed by atoms with Gasteiger partial charge in [-0.05, 0) is 58.7 Å². The first-order chi connectivity index (χ1) is 15.2. The maximum atomic E-state index is 12.2. The highest BCUT2D eigenvalue weighted by Gasteiger charge is 2.32. The molecule has 0 bridgehead atoms. The molecule has 1 unspecified atom stereocenters. The Balaban J connectivity index is 1.51. The molecule has 1 aliphatic carbocycles. The Hall–Kier alpha value is -2.75. The molecule has 1 heterocycles. The third-order valence-corrected chi connectivity index (χ3v) is 7.00. The van der Waals surface area contributed by atoms with Crippen LogP contribution in [0.4, 0.5) is 0 Å². The van der Waals surface area contributed by atoms with Crippen LogP contribution in [-0.4, -0.2) is 16.8 Å². The summed E-state index contributed by atoms with van der Waals surface area (Å²) in [6, 6.07) is 14.1. The molecule has 4 rings (SSSR count). The first kappa shape index (κ1) is 22.4. The molecule has 2 aromatic rings. The summed E-state index contributed by atoms with van der Waals surface area (Å²) < 4.78 is 6.16. The van der Waals surface area contributed by atoms with Crippen LogP contribution in [0.5, 0.6) is 11.5 Å². The second kappa shape index (κ2) is 9.01. The monoisotopic (exact) mass is 432 g/mol. The number of nitrogens with zero attached hydrogens (tertiary/aromatic N) is 1. The smallest absolute Gasteiger partial charge is 0.240 e. The maximum absolute atomic E-state index is 12.2. The predicted molar refractivity (Wildman–Crippen MR) is 130 cm³/mol. The van der Waals surface area contributed by atoms with Gasteiger partial charge in [0.15, 0.2) is 0 Å². The molecule has 1 aliphatic heterocycles. The lowest BCUT2D eigenvalue weighted by atomic mass is 9.87. The number of benzene rings is 2. The van der Waals surface area contributed by atoms with E-state index >= 15 is 0 Å². The van der Waals surface area contributed by atoms with Gasteiger partial charge in [0, 0.05) is 18.7 Å². The van der Waals surface area contributed by atoms with Crippen LogP contribution in [0.3, 0.4) is 0 Å². The first-order valence-corrected chi connectivity index (χ1v) is 11.8. The second-order valence-electron chi connectivity index (χ2n) is 10.5. The number of nitrogens with two attached hydrogens (primary N) is 1. The summed E-state index contributed by atoms with van der Waals surface area (Å²) in [4.78, 5) is 14.4. The van der Waals surface area contributed by atoms with Crippen molar-refractivity contribution in [2.75, 3.05) is 0 Å². The fourth-order valence-electron chi connectivity index (χ4n) is 5.03. The Morgan fingerprint density at radius 3 is 2.34 bits per heavy atom. The van der Waals surface area contributed by atoms with Crippen LogP contribution in [0.1, 0.15) is 69.6 Å². The Kier molecular flexibility index (Phi) is 6.32. The number of hydrogen-bond acceptors (Lipinski definition) is 3. The van der Waals surface area contributed by atoms with Crippen molar-refractivity contribution in [3.63, 3.8) is 0 Å². The molecule has 2 N–H and O–H groups in total. The van der Waals surface area contributed by atoms with Crippen molar-refractivity contribution < 1.29 is 9.53 Å². The van der Waals surface area contributed by atoms with Crippen LogP contribution in [0.25, 0.3) is 0 Å². The van der Waals surface area contributed by atoms with E-state index in [1.54, 1.807) is 0 Å². The fourth-order valence-corrected chi connectivity index (χ4v) is 5.03. The molecule has 1 atom stereocenters. The average Bonchev–Trinajstić information content (AvgIpc) is 3.25. The fraction of sp³-hybridized carbons (Fsp3) is 0.464. The minimum absolute atomic E-state index is 0.117. The van der Waals surface area contributed by atoms with Crippen molar-refractivity contribution in [1.82, 2.24) is 4.90 Å². The highest BCUT2D eigenvalue weighted by Crippen LogP contribution is 2.35. The van der Waals surface area contributed by atoms with Gasteiger partial charge in [0.05, 0.1) is 0 Å². The summed E-state index contributed by atoms with van der Waals surface area (Å²) in [5, 5.41) is 0. The number of carbonyl (C=O) groups excluding carboxylic acids is 1. The van der Waals surface area contributed by atoms with E-state index in [0.717, 1.165) is 29.2 Å². The number of amides is 1. The quantitative estimate of drug-likeness (QED) is 0.601. The Labute approximate surface area is 192 Å². The molecule has 4 heteroatoms. The molecule has 4 nitrogen and oxygen atoms in total. The van der Waals surface area contributed by atoms with E-state index in [1.807, 2.05) is 18.2 Å². The minimum Gasteiger partial charge on any atom is -0.457 e. The van der Waals surface area contributed by atoms with Gasteiger partial charge >= 0.3 is 0 Å². The van der Waals surface area contributed by atoms with Crippen LogP contribution in [0, 0.1) is 5.92 Å². The lowest BCUT2D eigenvalue weighted by molar-refractivity contribution is -0.123. The zero-order chi connectivity index (χ0) is 22.9. The minimum atomic E-state index is -0.326. The summed E-state index contributed by atoms with van der Waals surface area (Å²) in [5.41, 5.74) is 10.6. The van der Waals surface area contributed by atoms with E-state index < -0.39 is 0 Å². The van der Waals surface area contributed by atoms with Crippen LogP contribution in [0.15, 0.2) is 54.7 Å². The van der Waals surface area contributed by atoms with E-state index in [9.17, 15) is 4.79 Å². The van der Waals surface area contributed by atoms with E-state index in [4.69, 9.17) is 10.5 Å². The summed E-state index contributed by atoms with van der Waals surface area (Å²) in [7, 11) is 0. The molecule has 1 saturated carbocycles. The Morgan fingerprint density at radius 1 is 1.06 bits per heavy atom. The second-order valence-corrected chi connectivity index (χ2v) is 10.5. The molecule has 2 aliphatic rings. The van der Waals surface area contributed by atoms with E-state index in [-0.39, 0.29) is 17.4 Å². The Bertz CT molecular complexity index is 981. The SMILES string of the molecule is C=C(CC1CCCC1)N1Cc2cc(Oc3ccc(C(C)(C)C)cc3)ccc2CC1C(N)=O. The molecule has 0 aromatic heterocycles. The van der Waals surface area contributed by atoms with Crippen molar-refractivity contribution in [2.24, 2.45) is 11.7 Å². The van der Waals surface area contributed by atoms with Gasteiger partial charge in [-0.25, -0.2) is 0 Å². The molecule has 2 aromatic carbocycles. The number of allylic oxidation sites excluding steroid dienone is 1. The van der Waals surface area contributed by atoms with E-state index in [0.29, 0.717) is 18.9 Å². The number of hydrogen-bond donors (Lipinski definition) is 1. The molecule has 1 fully saturated rings. The van der Waals surface area contributed by atoms with E-state index in [2.05, 4.69) is 56.5 Å². The standard InChI is InChI=1S/C28H36N2O2/c1-19(15-20-7-5-6-8-20)30-18-22-16-25(12-9-21(22)17-26(30)27(29)31)32-24-13-10-23(11-14-24)28(2,3)4/h9-14,16,20,26H,1,5-8,15,17-18H2,2-4H3,(H2,29,31).